The van der Waals surface area contributed by atoms with Crippen molar-refractivity contribution in [1.29, 1.82) is 0 Å². The minimum atomic E-state index is -0.492. The molecule has 0 radical (unpaired) electrons. The van der Waals surface area contributed by atoms with Crippen molar-refractivity contribution in [2.24, 2.45) is 5.10 Å². The van der Waals surface area contributed by atoms with Gasteiger partial charge in [0.1, 0.15) is 11.5 Å². The van der Waals surface area contributed by atoms with E-state index in [0.29, 0.717) is 39.1 Å². The van der Waals surface area contributed by atoms with Crippen LogP contribution >= 0.6 is 11.6 Å². The van der Waals surface area contributed by atoms with Crippen molar-refractivity contribution in [1.82, 2.24) is 0 Å². The number of carbonyl (C=O) groups excluding carboxylic acids is 2. The van der Waals surface area contributed by atoms with Crippen LogP contribution in [0.15, 0.2) is 69.7 Å². The minimum Gasteiger partial charge on any atom is -0.462 e. The fourth-order valence-corrected chi connectivity index (χ4v) is 3.70. The molecule has 0 saturated heterocycles. The lowest BCUT2D eigenvalue weighted by atomic mass is 10.1. The molecule has 6 nitrogen and oxygen atoms in total. The Bertz CT molecular complexity index is 1270. The van der Waals surface area contributed by atoms with E-state index in [1.54, 1.807) is 50.3 Å². The molecule has 1 aliphatic rings. The molecule has 0 spiro atoms. The predicted molar refractivity (Wildman–Crippen MR) is 130 cm³/mol. The second kappa shape index (κ2) is 9.46. The van der Waals surface area contributed by atoms with E-state index in [1.165, 1.54) is 10.6 Å². The quantitative estimate of drug-likeness (QED) is 0.325. The van der Waals surface area contributed by atoms with Crippen molar-refractivity contribution in [3.8, 4) is 11.3 Å². The van der Waals surface area contributed by atoms with Crippen LogP contribution in [0.1, 0.15) is 42.5 Å². The topological polar surface area (TPSA) is 72.1 Å². The van der Waals surface area contributed by atoms with Gasteiger partial charge in [0.05, 0.1) is 34.2 Å². The molecular weight excluding hydrogens is 440 g/mol. The van der Waals surface area contributed by atoms with E-state index in [2.05, 4.69) is 12.0 Å². The van der Waals surface area contributed by atoms with Crippen LogP contribution in [-0.4, -0.2) is 24.2 Å². The van der Waals surface area contributed by atoms with Gasteiger partial charge in [0.25, 0.3) is 5.91 Å². The zero-order valence-electron chi connectivity index (χ0n) is 18.6. The zero-order valence-corrected chi connectivity index (χ0v) is 19.3. The maximum absolute atomic E-state index is 13.0. The first-order valence-electron chi connectivity index (χ1n) is 10.7. The summed E-state index contributed by atoms with van der Waals surface area (Å²) in [5, 5.41) is 6.13. The van der Waals surface area contributed by atoms with Crippen LogP contribution in [0.4, 0.5) is 5.69 Å². The summed E-state index contributed by atoms with van der Waals surface area (Å²) in [6.07, 6.45) is 2.60. The number of carbonyl (C=O) groups is 2. The molecule has 168 valence electrons. The van der Waals surface area contributed by atoms with Gasteiger partial charge in [-0.2, -0.15) is 10.1 Å². The van der Waals surface area contributed by atoms with E-state index in [9.17, 15) is 9.59 Å². The lowest BCUT2D eigenvalue weighted by Gasteiger charge is -2.12. The monoisotopic (exact) mass is 462 g/mol. The summed E-state index contributed by atoms with van der Waals surface area (Å²) in [5.41, 5.74) is 3.91. The van der Waals surface area contributed by atoms with E-state index in [1.807, 2.05) is 24.3 Å². The lowest BCUT2D eigenvalue weighted by Crippen LogP contribution is -2.21. The lowest BCUT2D eigenvalue weighted by molar-refractivity contribution is -0.114. The smallest absolute Gasteiger partial charge is 0.339 e. The van der Waals surface area contributed by atoms with Crippen LogP contribution in [0.5, 0.6) is 0 Å². The molecule has 2 aromatic carbocycles. The largest absolute Gasteiger partial charge is 0.462 e. The minimum absolute atomic E-state index is 0.217. The number of rotatable bonds is 6. The number of hydrogen-bond acceptors (Lipinski definition) is 5. The Morgan fingerprint density at radius 2 is 1.88 bits per heavy atom. The average molecular weight is 463 g/mol. The van der Waals surface area contributed by atoms with Crippen molar-refractivity contribution in [3.63, 3.8) is 0 Å². The molecule has 3 aromatic rings. The van der Waals surface area contributed by atoms with Gasteiger partial charge in [0.2, 0.25) is 0 Å². The van der Waals surface area contributed by atoms with Gasteiger partial charge in [-0.1, -0.05) is 30.7 Å². The SMILES string of the molecule is CCOC(=O)c1cc(-c2ccc(/C=C3/C(=O)N(c4ccc(CC)cc4)N=C3C)o2)ccc1Cl. The van der Waals surface area contributed by atoms with Crippen LogP contribution in [0.3, 0.4) is 0 Å². The average Bonchev–Trinajstić information content (AvgIpc) is 3.40. The molecule has 1 aliphatic heterocycles. The third-order valence-electron chi connectivity index (χ3n) is 5.31. The Kier molecular flexibility index (Phi) is 6.47. The molecule has 1 aromatic heterocycles. The Morgan fingerprint density at radius 1 is 1.12 bits per heavy atom. The van der Waals surface area contributed by atoms with Gasteiger partial charge in [-0.3, -0.25) is 4.79 Å². The van der Waals surface area contributed by atoms with E-state index in [0.717, 1.165) is 6.42 Å². The number of ether oxygens (including phenoxy) is 1. The van der Waals surface area contributed by atoms with E-state index in [4.69, 9.17) is 20.8 Å². The molecule has 33 heavy (non-hydrogen) atoms. The molecule has 0 aliphatic carbocycles. The van der Waals surface area contributed by atoms with Gasteiger partial charge < -0.3 is 9.15 Å². The van der Waals surface area contributed by atoms with Crippen molar-refractivity contribution >= 4 is 41.0 Å². The highest BCUT2D eigenvalue weighted by atomic mass is 35.5. The standard InChI is InChI=1S/C26H23ClN2O4/c1-4-17-6-9-19(10-7-17)29-25(30)21(16(3)28-29)15-20-11-13-24(33-20)18-8-12-23(27)22(14-18)26(31)32-5-2/h6-15H,4-5H2,1-3H3/b21-15+. The molecule has 1 amide bonds. The van der Waals surface area contributed by atoms with Crippen molar-refractivity contribution in [2.45, 2.75) is 27.2 Å². The number of benzene rings is 2. The maximum atomic E-state index is 13.0. The Morgan fingerprint density at radius 3 is 2.58 bits per heavy atom. The summed E-state index contributed by atoms with van der Waals surface area (Å²) in [4.78, 5) is 25.1. The fourth-order valence-electron chi connectivity index (χ4n) is 3.50. The number of furan rings is 1. The highest BCUT2D eigenvalue weighted by molar-refractivity contribution is 6.33. The number of anilines is 1. The highest BCUT2D eigenvalue weighted by Crippen LogP contribution is 2.30. The maximum Gasteiger partial charge on any atom is 0.339 e. The van der Waals surface area contributed by atoms with Crippen LogP contribution in [0.25, 0.3) is 17.4 Å². The van der Waals surface area contributed by atoms with Gasteiger partial charge in [0.15, 0.2) is 0 Å². The first-order valence-corrected chi connectivity index (χ1v) is 11.1. The second-order valence-electron chi connectivity index (χ2n) is 7.50. The molecule has 0 fully saturated rings. The molecule has 0 unspecified atom stereocenters. The van der Waals surface area contributed by atoms with Gasteiger partial charge in [-0.15, -0.1) is 0 Å². The van der Waals surface area contributed by atoms with Gasteiger partial charge >= 0.3 is 5.97 Å². The van der Waals surface area contributed by atoms with E-state index in [-0.39, 0.29) is 18.1 Å². The summed E-state index contributed by atoms with van der Waals surface area (Å²) in [6.45, 7) is 5.86. The fraction of sp³-hybridized carbons (Fsp3) is 0.192. The Hall–Kier alpha value is -3.64. The van der Waals surface area contributed by atoms with E-state index < -0.39 is 5.97 Å². The van der Waals surface area contributed by atoms with Crippen LogP contribution in [-0.2, 0) is 16.0 Å². The summed E-state index contributed by atoms with van der Waals surface area (Å²) in [7, 11) is 0. The normalized spacial score (nSPS) is 14.7. The number of hydrogen-bond donors (Lipinski definition) is 0. The molecule has 0 bridgehead atoms. The highest BCUT2D eigenvalue weighted by Gasteiger charge is 2.29. The number of hydrazone groups is 1. The Labute approximate surface area is 197 Å². The predicted octanol–water partition coefficient (Wildman–Crippen LogP) is 6.15. The first-order chi connectivity index (χ1) is 15.9. The Balaban J connectivity index is 1.59. The summed E-state index contributed by atoms with van der Waals surface area (Å²) in [5.74, 6) is 0.328. The molecule has 4 rings (SSSR count). The molecule has 2 heterocycles. The second-order valence-corrected chi connectivity index (χ2v) is 7.90. The summed E-state index contributed by atoms with van der Waals surface area (Å²) in [6, 6.07) is 16.3. The van der Waals surface area contributed by atoms with Crippen LogP contribution in [0, 0.1) is 0 Å². The zero-order chi connectivity index (χ0) is 23.5. The first kappa shape index (κ1) is 22.6. The van der Waals surface area contributed by atoms with Crippen molar-refractivity contribution in [2.75, 3.05) is 11.6 Å². The molecule has 0 N–H and O–H groups in total. The number of amides is 1. The van der Waals surface area contributed by atoms with Crippen molar-refractivity contribution in [3.05, 3.63) is 82.1 Å². The summed E-state index contributed by atoms with van der Waals surface area (Å²) >= 11 is 6.15. The van der Waals surface area contributed by atoms with Gasteiger partial charge in [-0.25, -0.2) is 4.79 Å². The van der Waals surface area contributed by atoms with Crippen LogP contribution < -0.4 is 5.01 Å². The number of aryl methyl sites for hydroxylation is 1. The molecule has 0 saturated carbocycles. The third kappa shape index (κ3) is 4.61. The van der Waals surface area contributed by atoms with Crippen molar-refractivity contribution < 1.29 is 18.7 Å². The summed E-state index contributed by atoms with van der Waals surface area (Å²) < 4.78 is 11.0. The van der Waals surface area contributed by atoms with E-state index >= 15 is 0 Å². The number of esters is 1. The van der Waals surface area contributed by atoms with Gasteiger partial charge in [-0.05, 0) is 74.4 Å². The van der Waals surface area contributed by atoms with Crippen LogP contribution in [0.2, 0.25) is 5.02 Å². The molecular formula is C26H23ClN2O4. The number of nitrogens with zero attached hydrogens (tertiary/aromatic N) is 2. The molecule has 7 heteroatoms. The third-order valence-corrected chi connectivity index (χ3v) is 5.64. The number of halogens is 1. The molecule has 0 atom stereocenters. The van der Waals surface area contributed by atoms with Gasteiger partial charge in [0, 0.05) is 5.56 Å².